The molecule has 2 nitrogen and oxygen atoms in total. The number of likely N-dealkylation sites (tertiary alicyclic amines) is 1. The normalized spacial score (nSPS) is 21.2. The van der Waals surface area contributed by atoms with E-state index in [0.717, 1.165) is 5.56 Å². The zero-order valence-corrected chi connectivity index (χ0v) is 12.5. The Morgan fingerprint density at radius 3 is 2.33 bits per heavy atom. The lowest BCUT2D eigenvalue weighted by Gasteiger charge is -2.38. The molecule has 118 valence electrons. The van der Waals surface area contributed by atoms with Crippen LogP contribution in [0.3, 0.4) is 0 Å². The van der Waals surface area contributed by atoms with Crippen LogP contribution in [0.25, 0.3) is 0 Å². The number of benzene rings is 1. The van der Waals surface area contributed by atoms with Crippen molar-refractivity contribution in [3.8, 4) is 0 Å². The van der Waals surface area contributed by atoms with Crippen LogP contribution in [0.15, 0.2) is 24.3 Å². The highest BCUT2D eigenvalue weighted by atomic mass is 35.5. The molecule has 1 saturated heterocycles. The maximum Gasteiger partial charge on any atom is 0.414 e. The fourth-order valence-corrected chi connectivity index (χ4v) is 3.19. The second-order valence-electron chi connectivity index (χ2n) is 5.56. The van der Waals surface area contributed by atoms with Gasteiger partial charge in [-0.15, -0.1) is 0 Å². The van der Waals surface area contributed by atoms with Crippen LogP contribution in [0.1, 0.15) is 31.4 Å². The summed E-state index contributed by atoms with van der Waals surface area (Å²) in [6.45, 7) is 3.07. The lowest BCUT2D eigenvalue weighted by atomic mass is 9.89. The molecular formula is C15H19ClF3NO. The lowest BCUT2D eigenvalue weighted by molar-refractivity contribution is -0.223. The summed E-state index contributed by atoms with van der Waals surface area (Å²) in [5, 5.41) is 10.0. The minimum atomic E-state index is -4.53. The Bertz CT molecular complexity index is 472. The molecule has 0 aromatic heterocycles. The first-order valence-corrected chi connectivity index (χ1v) is 7.41. The summed E-state index contributed by atoms with van der Waals surface area (Å²) in [7, 11) is 0. The first-order valence-electron chi connectivity index (χ1n) is 7.04. The minimum absolute atomic E-state index is 0.0580. The molecule has 1 aromatic rings. The van der Waals surface area contributed by atoms with Gasteiger partial charge >= 0.3 is 6.18 Å². The Morgan fingerprint density at radius 1 is 1.24 bits per heavy atom. The average molecular weight is 322 g/mol. The molecule has 0 radical (unpaired) electrons. The maximum atomic E-state index is 12.5. The van der Waals surface area contributed by atoms with Crippen molar-refractivity contribution in [1.82, 2.24) is 4.90 Å². The summed E-state index contributed by atoms with van der Waals surface area (Å²) in [5.41, 5.74) is 0.981. The Hall–Kier alpha value is -0.780. The molecule has 2 unspecified atom stereocenters. The highest BCUT2D eigenvalue weighted by Crippen LogP contribution is 2.35. The van der Waals surface area contributed by atoms with Crippen LogP contribution in [0.4, 0.5) is 13.2 Å². The number of alkyl halides is 3. The van der Waals surface area contributed by atoms with Crippen LogP contribution < -0.4 is 0 Å². The molecule has 1 aliphatic rings. The van der Waals surface area contributed by atoms with Gasteiger partial charge in [-0.2, -0.15) is 13.2 Å². The average Bonchev–Trinajstić information content (AvgIpc) is 2.45. The standard InChI is InChI=1S/C15H19ClF3NO/c1-10(12-4-2-3-5-13(12)16)20-8-6-11(7-9-20)14(21)15(17,18)19/h2-5,10-11,14,21H,6-9H2,1H3. The number of nitrogens with zero attached hydrogens (tertiary/aromatic N) is 1. The van der Waals surface area contributed by atoms with E-state index in [9.17, 15) is 18.3 Å². The smallest absolute Gasteiger partial charge is 0.383 e. The van der Waals surface area contributed by atoms with E-state index in [0.29, 0.717) is 31.0 Å². The fourth-order valence-electron chi connectivity index (χ4n) is 2.90. The Kier molecular flexibility index (Phi) is 5.17. The topological polar surface area (TPSA) is 23.5 Å². The molecular weight excluding hydrogens is 303 g/mol. The van der Waals surface area contributed by atoms with Crippen LogP contribution in [-0.4, -0.2) is 35.4 Å². The van der Waals surface area contributed by atoms with Gasteiger partial charge in [0.25, 0.3) is 0 Å². The summed E-state index contributed by atoms with van der Waals surface area (Å²) < 4.78 is 37.6. The zero-order valence-electron chi connectivity index (χ0n) is 11.8. The Balaban J connectivity index is 1.97. The molecule has 2 atom stereocenters. The van der Waals surface area contributed by atoms with Gasteiger partial charge in [0.15, 0.2) is 6.10 Å². The van der Waals surface area contributed by atoms with Crippen molar-refractivity contribution in [3.63, 3.8) is 0 Å². The molecule has 0 bridgehead atoms. The predicted octanol–water partition coefficient (Wildman–Crippen LogP) is 4.04. The number of piperidine rings is 1. The van der Waals surface area contributed by atoms with Crippen LogP contribution in [0, 0.1) is 5.92 Å². The van der Waals surface area contributed by atoms with Gasteiger partial charge in [-0.1, -0.05) is 29.8 Å². The van der Waals surface area contributed by atoms with Crippen molar-refractivity contribution in [3.05, 3.63) is 34.9 Å². The van der Waals surface area contributed by atoms with E-state index < -0.39 is 18.2 Å². The number of aliphatic hydroxyl groups excluding tert-OH is 1. The van der Waals surface area contributed by atoms with E-state index in [1.54, 1.807) is 0 Å². The van der Waals surface area contributed by atoms with Crippen molar-refractivity contribution >= 4 is 11.6 Å². The molecule has 1 N–H and O–H groups in total. The minimum Gasteiger partial charge on any atom is -0.383 e. The Labute approximate surface area is 127 Å². The Morgan fingerprint density at radius 2 is 1.81 bits per heavy atom. The van der Waals surface area contributed by atoms with E-state index in [-0.39, 0.29) is 6.04 Å². The summed E-state index contributed by atoms with van der Waals surface area (Å²) in [4.78, 5) is 2.11. The summed E-state index contributed by atoms with van der Waals surface area (Å²) in [6.07, 6.45) is -6.05. The number of aliphatic hydroxyl groups is 1. The van der Waals surface area contributed by atoms with Crippen molar-refractivity contribution in [2.24, 2.45) is 5.92 Å². The van der Waals surface area contributed by atoms with Crippen LogP contribution in [-0.2, 0) is 0 Å². The van der Waals surface area contributed by atoms with Gasteiger partial charge in [-0.3, -0.25) is 4.90 Å². The monoisotopic (exact) mass is 321 g/mol. The number of halogens is 4. The highest BCUT2D eigenvalue weighted by molar-refractivity contribution is 6.31. The number of hydrogen-bond donors (Lipinski definition) is 1. The van der Waals surface area contributed by atoms with Gasteiger partial charge in [-0.05, 0) is 50.4 Å². The molecule has 0 amide bonds. The van der Waals surface area contributed by atoms with Crippen molar-refractivity contribution < 1.29 is 18.3 Å². The van der Waals surface area contributed by atoms with Crippen LogP contribution in [0.5, 0.6) is 0 Å². The zero-order chi connectivity index (χ0) is 15.6. The summed E-state index contributed by atoms with van der Waals surface area (Å²) >= 11 is 6.16. The van der Waals surface area contributed by atoms with E-state index in [1.807, 2.05) is 31.2 Å². The molecule has 1 fully saturated rings. The number of rotatable bonds is 3. The molecule has 2 rings (SSSR count). The molecule has 0 spiro atoms. The van der Waals surface area contributed by atoms with E-state index >= 15 is 0 Å². The fraction of sp³-hybridized carbons (Fsp3) is 0.600. The van der Waals surface area contributed by atoms with Crippen molar-refractivity contribution in [2.45, 2.75) is 38.1 Å². The van der Waals surface area contributed by atoms with Crippen molar-refractivity contribution in [2.75, 3.05) is 13.1 Å². The molecule has 6 heteroatoms. The summed E-state index contributed by atoms with van der Waals surface area (Å²) in [5.74, 6) is -0.709. The first kappa shape index (κ1) is 16.6. The molecule has 1 aliphatic heterocycles. The van der Waals surface area contributed by atoms with Gasteiger partial charge in [-0.25, -0.2) is 0 Å². The highest BCUT2D eigenvalue weighted by Gasteiger charge is 2.44. The van der Waals surface area contributed by atoms with E-state index in [1.165, 1.54) is 0 Å². The third kappa shape index (κ3) is 3.90. The van der Waals surface area contributed by atoms with Crippen LogP contribution >= 0.6 is 11.6 Å². The first-order chi connectivity index (χ1) is 9.80. The molecule has 1 aromatic carbocycles. The second kappa shape index (κ2) is 6.55. The summed E-state index contributed by atoms with van der Waals surface area (Å²) in [6, 6.07) is 7.56. The molecule has 1 heterocycles. The van der Waals surface area contributed by atoms with Gasteiger partial charge < -0.3 is 5.11 Å². The third-order valence-corrected chi connectivity index (χ3v) is 4.60. The largest absolute Gasteiger partial charge is 0.414 e. The molecule has 0 saturated carbocycles. The van der Waals surface area contributed by atoms with Gasteiger partial charge in [0.05, 0.1) is 0 Å². The van der Waals surface area contributed by atoms with E-state index in [4.69, 9.17) is 11.6 Å². The SMILES string of the molecule is CC(c1ccccc1Cl)N1CCC(C(O)C(F)(F)F)CC1. The third-order valence-electron chi connectivity index (χ3n) is 4.26. The lowest BCUT2D eigenvalue weighted by Crippen LogP contribution is -2.44. The van der Waals surface area contributed by atoms with Gasteiger partial charge in [0, 0.05) is 11.1 Å². The van der Waals surface area contributed by atoms with Gasteiger partial charge in [0.2, 0.25) is 0 Å². The van der Waals surface area contributed by atoms with Gasteiger partial charge in [0.1, 0.15) is 0 Å². The van der Waals surface area contributed by atoms with Crippen LogP contribution in [0.2, 0.25) is 5.02 Å². The molecule has 0 aliphatic carbocycles. The second-order valence-corrected chi connectivity index (χ2v) is 5.96. The maximum absolute atomic E-state index is 12.5. The quantitative estimate of drug-likeness (QED) is 0.908. The molecule has 21 heavy (non-hydrogen) atoms. The number of hydrogen-bond acceptors (Lipinski definition) is 2. The van der Waals surface area contributed by atoms with Crippen molar-refractivity contribution in [1.29, 1.82) is 0 Å². The predicted molar refractivity (Wildman–Crippen MR) is 76.2 cm³/mol. The van der Waals surface area contributed by atoms with E-state index in [2.05, 4.69) is 4.90 Å².